The fourth-order valence-corrected chi connectivity index (χ4v) is 3.02. The molecule has 0 aliphatic rings. The molecule has 0 saturated heterocycles. The third-order valence-electron chi connectivity index (χ3n) is 4.28. The maximum atomic E-state index is 12.3. The van der Waals surface area contributed by atoms with Crippen LogP contribution in [0.4, 0.5) is 0 Å². The van der Waals surface area contributed by atoms with Crippen LogP contribution in [0.1, 0.15) is 0 Å². The largest absolute Gasteiger partial charge is 0.353 e. The third kappa shape index (κ3) is 3.35. The van der Waals surface area contributed by atoms with Gasteiger partial charge in [-0.15, -0.1) is 0 Å². The monoisotopic (exact) mass is 345 g/mol. The molecule has 6 heteroatoms. The molecule has 0 aliphatic heterocycles. The van der Waals surface area contributed by atoms with Gasteiger partial charge in [-0.25, -0.2) is 4.98 Å². The van der Waals surface area contributed by atoms with Gasteiger partial charge in [-0.3, -0.25) is 9.78 Å². The van der Waals surface area contributed by atoms with Crippen LogP contribution < -0.4 is 5.32 Å². The van der Waals surface area contributed by atoms with Crippen LogP contribution in [0.3, 0.4) is 0 Å². The van der Waals surface area contributed by atoms with Gasteiger partial charge in [0.15, 0.2) is 5.82 Å². The summed E-state index contributed by atoms with van der Waals surface area (Å²) in [6, 6.07) is 15.8. The number of amides is 1. The van der Waals surface area contributed by atoms with E-state index in [0.717, 1.165) is 22.4 Å². The van der Waals surface area contributed by atoms with E-state index < -0.39 is 0 Å². The molecule has 0 fully saturated rings. The lowest BCUT2D eigenvalue weighted by molar-refractivity contribution is -0.121. The Bertz CT molecular complexity index is 1020. The number of hydrogen-bond donors (Lipinski definition) is 1. The lowest BCUT2D eigenvalue weighted by atomic mass is 10.2. The number of aromatic nitrogens is 4. The molecule has 3 aromatic heterocycles. The van der Waals surface area contributed by atoms with Gasteiger partial charge in [-0.2, -0.15) is 0 Å². The number of carbonyl (C=O) groups excluding carboxylic acids is 1. The molecular formula is C20H19N5O. The smallest absolute Gasteiger partial charge is 0.240 e. The number of para-hydroxylation sites is 1. The van der Waals surface area contributed by atoms with Crippen LogP contribution in [-0.4, -0.2) is 31.6 Å². The summed E-state index contributed by atoms with van der Waals surface area (Å²) in [6.07, 6.45) is 7.34. The third-order valence-corrected chi connectivity index (χ3v) is 4.28. The summed E-state index contributed by atoms with van der Waals surface area (Å²) >= 11 is 0. The van der Waals surface area contributed by atoms with Crippen LogP contribution in [-0.2, 0) is 17.9 Å². The zero-order valence-electron chi connectivity index (χ0n) is 14.2. The van der Waals surface area contributed by atoms with Gasteiger partial charge in [0.1, 0.15) is 12.2 Å². The number of fused-ring (bicyclic) bond motifs is 1. The molecule has 0 saturated carbocycles. The first-order valence-corrected chi connectivity index (χ1v) is 8.54. The van der Waals surface area contributed by atoms with Crippen molar-refractivity contribution in [2.75, 3.05) is 6.54 Å². The van der Waals surface area contributed by atoms with Crippen LogP contribution in [0.5, 0.6) is 0 Å². The summed E-state index contributed by atoms with van der Waals surface area (Å²) in [5.41, 5.74) is 1.89. The van der Waals surface area contributed by atoms with E-state index in [4.69, 9.17) is 0 Å². The first-order valence-electron chi connectivity index (χ1n) is 8.54. The molecule has 1 amide bonds. The van der Waals surface area contributed by atoms with Gasteiger partial charge in [-0.05, 0) is 29.7 Å². The summed E-state index contributed by atoms with van der Waals surface area (Å²) in [5, 5.41) is 4.11. The minimum atomic E-state index is -0.00847. The lowest BCUT2D eigenvalue weighted by Crippen LogP contribution is -2.30. The number of benzene rings is 1. The van der Waals surface area contributed by atoms with Gasteiger partial charge in [0.25, 0.3) is 0 Å². The first kappa shape index (κ1) is 16.1. The van der Waals surface area contributed by atoms with E-state index in [-0.39, 0.29) is 5.91 Å². The van der Waals surface area contributed by atoms with Gasteiger partial charge in [0.2, 0.25) is 5.91 Å². The van der Waals surface area contributed by atoms with Gasteiger partial charge in [0, 0.05) is 43.4 Å². The Labute approximate surface area is 151 Å². The molecule has 3 heterocycles. The zero-order chi connectivity index (χ0) is 17.8. The number of nitrogens with one attached hydrogen (secondary N) is 1. The molecule has 0 aliphatic carbocycles. The highest BCUT2D eigenvalue weighted by Crippen LogP contribution is 2.15. The van der Waals surface area contributed by atoms with Crippen molar-refractivity contribution in [1.82, 2.24) is 24.4 Å². The van der Waals surface area contributed by atoms with Crippen molar-refractivity contribution in [3.63, 3.8) is 0 Å². The molecule has 130 valence electrons. The fraction of sp³-hybridized carbons (Fsp3) is 0.150. The molecule has 0 unspecified atom stereocenters. The molecule has 0 radical (unpaired) electrons. The van der Waals surface area contributed by atoms with Crippen molar-refractivity contribution in [1.29, 1.82) is 0 Å². The zero-order valence-corrected chi connectivity index (χ0v) is 14.2. The SMILES string of the molecule is O=C(Cn1ccc2ccccc21)NCCn1ccnc1-c1ccccn1. The second-order valence-electron chi connectivity index (χ2n) is 6.01. The maximum Gasteiger partial charge on any atom is 0.240 e. The highest BCUT2D eigenvalue weighted by molar-refractivity contribution is 5.83. The fourth-order valence-electron chi connectivity index (χ4n) is 3.02. The predicted octanol–water partition coefficient (Wildman–Crippen LogP) is 2.72. The Balaban J connectivity index is 1.35. The number of imidazole rings is 1. The molecule has 1 N–H and O–H groups in total. The highest BCUT2D eigenvalue weighted by atomic mass is 16.1. The second kappa shape index (κ2) is 7.23. The van der Waals surface area contributed by atoms with E-state index in [9.17, 15) is 4.79 Å². The Kier molecular flexibility index (Phi) is 4.47. The molecule has 0 spiro atoms. The normalized spacial score (nSPS) is 10.9. The van der Waals surface area contributed by atoms with E-state index in [1.807, 2.05) is 70.1 Å². The Morgan fingerprint density at radius 3 is 2.69 bits per heavy atom. The van der Waals surface area contributed by atoms with E-state index in [1.54, 1.807) is 12.4 Å². The number of nitrogens with zero attached hydrogens (tertiary/aromatic N) is 4. The second-order valence-corrected chi connectivity index (χ2v) is 6.01. The van der Waals surface area contributed by atoms with Gasteiger partial charge >= 0.3 is 0 Å². The molecule has 0 atom stereocenters. The van der Waals surface area contributed by atoms with Crippen molar-refractivity contribution in [2.45, 2.75) is 13.1 Å². The molecule has 4 aromatic rings. The Hall–Kier alpha value is -3.41. The molecule has 6 nitrogen and oxygen atoms in total. The predicted molar refractivity (Wildman–Crippen MR) is 100 cm³/mol. The summed E-state index contributed by atoms with van der Waals surface area (Å²) in [4.78, 5) is 21.0. The quantitative estimate of drug-likeness (QED) is 0.584. The van der Waals surface area contributed by atoms with Gasteiger partial charge in [0.05, 0.1) is 0 Å². The number of carbonyl (C=O) groups is 1. The average Bonchev–Trinajstić information content (AvgIpc) is 3.30. The van der Waals surface area contributed by atoms with E-state index in [2.05, 4.69) is 15.3 Å². The molecule has 4 rings (SSSR count). The van der Waals surface area contributed by atoms with Crippen molar-refractivity contribution in [3.05, 3.63) is 73.3 Å². The van der Waals surface area contributed by atoms with Crippen LogP contribution in [0.15, 0.2) is 73.3 Å². The topological polar surface area (TPSA) is 64.7 Å². The first-order chi connectivity index (χ1) is 12.8. The van der Waals surface area contributed by atoms with Crippen molar-refractivity contribution in [3.8, 4) is 11.5 Å². The average molecular weight is 345 g/mol. The summed E-state index contributed by atoms with van der Waals surface area (Å²) < 4.78 is 3.95. The maximum absolute atomic E-state index is 12.3. The summed E-state index contributed by atoms with van der Waals surface area (Å²) in [7, 11) is 0. The number of pyridine rings is 1. The molecule has 26 heavy (non-hydrogen) atoms. The van der Waals surface area contributed by atoms with Crippen molar-refractivity contribution < 1.29 is 4.79 Å². The van der Waals surface area contributed by atoms with Crippen LogP contribution in [0, 0.1) is 0 Å². The number of hydrogen-bond acceptors (Lipinski definition) is 3. The lowest BCUT2D eigenvalue weighted by Gasteiger charge is -2.10. The Morgan fingerprint density at radius 2 is 1.81 bits per heavy atom. The molecular weight excluding hydrogens is 326 g/mol. The van der Waals surface area contributed by atoms with Crippen molar-refractivity contribution >= 4 is 16.8 Å². The minimum Gasteiger partial charge on any atom is -0.353 e. The van der Waals surface area contributed by atoms with Crippen LogP contribution >= 0.6 is 0 Å². The van der Waals surface area contributed by atoms with E-state index >= 15 is 0 Å². The van der Waals surface area contributed by atoms with Gasteiger partial charge in [-0.1, -0.05) is 24.3 Å². The van der Waals surface area contributed by atoms with E-state index in [1.165, 1.54) is 0 Å². The number of rotatable bonds is 6. The van der Waals surface area contributed by atoms with Crippen LogP contribution in [0.25, 0.3) is 22.4 Å². The highest BCUT2D eigenvalue weighted by Gasteiger charge is 2.08. The minimum absolute atomic E-state index is 0.00847. The van der Waals surface area contributed by atoms with Crippen LogP contribution in [0.2, 0.25) is 0 Å². The molecule has 0 bridgehead atoms. The standard InChI is InChI=1S/C20H19N5O/c26-19(15-25-12-8-16-5-1-2-7-18(16)25)22-10-13-24-14-11-23-20(24)17-6-3-4-9-21-17/h1-9,11-12,14H,10,13,15H2,(H,22,26). The van der Waals surface area contributed by atoms with Gasteiger partial charge < -0.3 is 14.5 Å². The van der Waals surface area contributed by atoms with E-state index in [0.29, 0.717) is 19.6 Å². The molecule has 1 aromatic carbocycles. The summed E-state index contributed by atoms with van der Waals surface area (Å²) in [5.74, 6) is 0.794. The summed E-state index contributed by atoms with van der Waals surface area (Å²) in [6.45, 7) is 1.49. The Morgan fingerprint density at radius 1 is 0.923 bits per heavy atom. The van der Waals surface area contributed by atoms with Crippen molar-refractivity contribution in [2.24, 2.45) is 0 Å².